The van der Waals surface area contributed by atoms with Crippen LogP contribution in [0.1, 0.15) is 49.9 Å². The lowest BCUT2D eigenvalue weighted by atomic mass is 10.0. The van der Waals surface area contributed by atoms with Gasteiger partial charge < -0.3 is 20.0 Å². The fourth-order valence-corrected chi connectivity index (χ4v) is 3.58. The SMILES string of the molecule is CCCCCc1[nH]nc2ccc(Oc3c(C)cc(NC(C)(C=O)C(=O)O)cc3C)cc12. The molecule has 1 unspecified atom stereocenters. The lowest BCUT2D eigenvalue weighted by Crippen LogP contribution is -2.45. The summed E-state index contributed by atoms with van der Waals surface area (Å²) in [7, 11) is 0. The first-order valence-corrected chi connectivity index (χ1v) is 10.5. The van der Waals surface area contributed by atoms with Crippen LogP contribution in [0.25, 0.3) is 10.9 Å². The van der Waals surface area contributed by atoms with Crippen LogP contribution in [0.15, 0.2) is 30.3 Å². The molecule has 164 valence electrons. The van der Waals surface area contributed by atoms with Crippen molar-refractivity contribution in [1.29, 1.82) is 0 Å². The maximum atomic E-state index is 11.4. The van der Waals surface area contributed by atoms with Crippen molar-refractivity contribution >= 4 is 28.8 Å². The summed E-state index contributed by atoms with van der Waals surface area (Å²) in [6, 6.07) is 9.38. The molecule has 0 spiro atoms. The monoisotopic (exact) mass is 423 g/mol. The van der Waals surface area contributed by atoms with Crippen molar-refractivity contribution in [2.24, 2.45) is 0 Å². The number of carboxylic acid groups (broad SMARTS) is 1. The minimum absolute atomic E-state index is 0.392. The molecule has 1 heterocycles. The summed E-state index contributed by atoms with van der Waals surface area (Å²) in [5.74, 6) is 0.172. The van der Waals surface area contributed by atoms with E-state index in [9.17, 15) is 14.7 Å². The summed E-state index contributed by atoms with van der Waals surface area (Å²) in [5.41, 5.74) is 2.54. The third-order valence-electron chi connectivity index (χ3n) is 5.40. The van der Waals surface area contributed by atoms with Gasteiger partial charge in [0.25, 0.3) is 0 Å². The number of aliphatic carboxylic acids is 1. The molecule has 0 bridgehead atoms. The van der Waals surface area contributed by atoms with Crippen LogP contribution in [0.3, 0.4) is 0 Å². The topological polar surface area (TPSA) is 104 Å². The molecule has 0 amide bonds. The van der Waals surface area contributed by atoms with Gasteiger partial charge in [-0.15, -0.1) is 0 Å². The molecule has 0 saturated carbocycles. The fourth-order valence-electron chi connectivity index (χ4n) is 3.58. The largest absolute Gasteiger partial charge is 0.479 e. The van der Waals surface area contributed by atoms with Crippen molar-refractivity contribution in [2.75, 3.05) is 5.32 Å². The van der Waals surface area contributed by atoms with Gasteiger partial charge in [0.15, 0.2) is 11.8 Å². The number of rotatable bonds is 10. The second-order valence-electron chi connectivity index (χ2n) is 8.13. The number of hydrogen-bond donors (Lipinski definition) is 3. The molecule has 0 radical (unpaired) electrons. The van der Waals surface area contributed by atoms with Gasteiger partial charge in [0, 0.05) is 16.8 Å². The van der Waals surface area contributed by atoms with E-state index in [1.165, 1.54) is 19.8 Å². The number of fused-ring (bicyclic) bond motifs is 1. The smallest absolute Gasteiger partial charge is 0.336 e. The van der Waals surface area contributed by atoms with Crippen molar-refractivity contribution in [3.05, 3.63) is 47.2 Å². The molecular weight excluding hydrogens is 394 g/mol. The van der Waals surface area contributed by atoms with E-state index in [0.29, 0.717) is 23.5 Å². The first kappa shape index (κ1) is 22.3. The molecule has 3 rings (SSSR count). The van der Waals surface area contributed by atoms with E-state index < -0.39 is 11.5 Å². The van der Waals surface area contributed by atoms with Gasteiger partial charge in [0.1, 0.15) is 11.5 Å². The number of aromatic nitrogens is 2. The number of carbonyl (C=O) groups is 2. The molecule has 2 aromatic carbocycles. The summed E-state index contributed by atoms with van der Waals surface area (Å²) in [6.45, 7) is 7.29. The predicted octanol–water partition coefficient (Wildman–Crippen LogP) is 5.16. The molecule has 3 aromatic rings. The first-order valence-electron chi connectivity index (χ1n) is 10.5. The van der Waals surface area contributed by atoms with E-state index in [0.717, 1.165) is 40.6 Å². The highest BCUT2D eigenvalue weighted by molar-refractivity contribution is 6.00. The van der Waals surface area contributed by atoms with E-state index >= 15 is 0 Å². The van der Waals surface area contributed by atoms with Gasteiger partial charge >= 0.3 is 5.97 Å². The molecule has 0 aliphatic heterocycles. The molecule has 1 aromatic heterocycles. The van der Waals surface area contributed by atoms with Crippen LogP contribution in [-0.2, 0) is 16.0 Å². The van der Waals surface area contributed by atoms with Gasteiger partial charge in [-0.2, -0.15) is 5.10 Å². The van der Waals surface area contributed by atoms with Crippen molar-refractivity contribution in [3.8, 4) is 11.5 Å². The molecule has 1 atom stereocenters. The number of aldehydes is 1. The van der Waals surface area contributed by atoms with Gasteiger partial charge in [-0.1, -0.05) is 19.8 Å². The summed E-state index contributed by atoms with van der Waals surface area (Å²) in [5, 5.41) is 20.7. The number of aryl methyl sites for hydroxylation is 3. The van der Waals surface area contributed by atoms with Crippen LogP contribution in [0.2, 0.25) is 0 Å². The Morgan fingerprint density at radius 3 is 2.55 bits per heavy atom. The number of anilines is 1. The predicted molar refractivity (Wildman–Crippen MR) is 121 cm³/mol. The fraction of sp³-hybridized carbons (Fsp3) is 0.375. The quantitative estimate of drug-likeness (QED) is 0.236. The normalized spacial score (nSPS) is 13.0. The Kier molecular flexibility index (Phi) is 6.63. The average Bonchev–Trinajstić information content (AvgIpc) is 3.13. The van der Waals surface area contributed by atoms with E-state index in [2.05, 4.69) is 22.4 Å². The number of carboxylic acids is 1. The summed E-state index contributed by atoms with van der Waals surface area (Å²) in [4.78, 5) is 22.7. The Hall–Kier alpha value is -3.35. The van der Waals surface area contributed by atoms with Crippen LogP contribution >= 0.6 is 0 Å². The van der Waals surface area contributed by atoms with Crippen molar-refractivity contribution in [3.63, 3.8) is 0 Å². The van der Waals surface area contributed by atoms with Crippen molar-refractivity contribution in [1.82, 2.24) is 10.2 Å². The van der Waals surface area contributed by atoms with Crippen molar-refractivity contribution < 1.29 is 19.4 Å². The summed E-state index contributed by atoms with van der Waals surface area (Å²) >= 11 is 0. The van der Waals surface area contributed by atoms with E-state index in [1.807, 2.05) is 32.0 Å². The second kappa shape index (κ2) is 9.20. The van der Waals surface area contributed by atoms with Crippen LogP contribution in [0, 0.1) is 13.8 Å². The number of aromatic amines is 1. The molecule has 7 heteroatoms. The van der Waals surface area contributed by atoms with Gasteiger partial charge in [0.05, 0.1) is 5.52 Å². The van der Waals surface area contributed by atoms with Gasteiger partial charge in [0.2, 0.25) is 0 Å². The standard InChI is InChI=1S/C24H29N3O4/c1-5-6-7-8-20-19-13-18(9-10-21(19)27-26-20)31-22-15(2)11-17(12-16(22)3)25-24(4,14-28)23(29)30/h9-14,25H,5-8H2,1-4H3,(H,26,27)(H,29,30). The van der Waals surface area contributed by atoms with E-state index in [-0.39, 0.29) is 0 Å². The van der Waals surface area contributed by atoms with Crippen LogP contribution in [-0.4, -0.2) is 33.1 Å². The van der Waals surface area contributed by atoms with Gasteiger partial charge in [-0.05, 0) is 75.1 Å². The molecule has 0 fully saturated rings. The Labute approximate surface area is 181 Å². The van der Waals surface area contributed by atoms with Crippen LogP contribution in [0.4, 0.5) is 5.69 Å². The first-order chi connectivity index (χ1) is 14.8. The number of nitrogens with one attached hydrogen (secondary N) is 2. The average molecular weight is 424 g/mol. The number of benzene rings is 2. The molecule has 31 heavy (non-hydrogen) atoms. The second-order valence-corrected chi connectivity index (χ2v) is 8.13. The molecular formula is C24H29N3O4. The molecule has 0 aliphatic carbocycles. The summed E-state index contributed by atoms with van der Waals surface area (Å²) in [6.07, 6.45) is 4.80. The third-order valence-corrected chi connectivity index (χ3v) is 5.40. The zero-order chi connectivity index (χ0) is 22.6. The van der Waals surface area contributed by atoms with Gasteiger partial charge in [-0.3, -0.25) is 5.10 Å². The Balaban J connectivity index is 1.85. The van der Waals surface area contributed by atoms with Crippen LogP contribution < -0.4 is 10.1 Å². The molecule has 7 nitrogen and oxygen atoms in total. The van der Waals surface area contributed by atoms with Gasteiger partial charge in [-0.25, -0.2) is 4.79 Å². The highest BCUT2D eigenvalue weighted by atomic mass is 16.5. The van der Waals surface area contributed by atoms with Crippen LogP contribution in [0.5, 0.6) is 11.5 Å². The number of ether oxygens (including phenoxy) is 1. The number of nitrogens with zero attached hydrogens (tertiary/aromatic N) is 1. The number of carbonyl (C=O) groups excluding carboxylic acids is 1. The zero-order valence-electron chi connectivity index (χ0n) is 18.4. The number of H-pyrrole nitrogens is 1. The highest BCUT2D eigenvalue weighted by Gasteiger charge is 2.32. The maximum Gasteiger partial charge on any atom is 0.336 e. The van der Waals surface area contributed by atoms with E-state index in [4.69, 9.17) is 4.74 Å². The third kappa shape index (κ3) is 4.87. The Morgan fingerprint density at radius 2 is 1.94 bits per heavy atom. The minimum atomic E-state index is -1.69. The van der Waals surface area contributed by atoms with E-state index in [1.54, 1.807) is 12.1 Å². The summed E-state index contributed by atoms with van der Waals surface area (Å²) < 4.78 is 6.20. The minimum Gasteiger partial charge on any atom is -0.479 e. The Morgan fingerprint density at radius 1 is 1.23 bits per heavy atom. The maximum absolute atomic E-state index is 11.4. The Bertz CT molecular complexity index is 1080. The lowest BCUT2D eigenvalue weighted by Gasteiger charge is -2.22. The molecule has 0 aliphatic rings. The zero-order valence-corrected chi connectivity index (χ0v) is 18.4. The lowest BCUT2D eigenvalue weighted by molar-refractivity contribution is -0.143. The highest BCUT2D eigenvalue weighted by Crippen LogP contribution is 2.34. The molecule has 0 saturated heterocycles. The number of hydrogen-bond acceptors (Lipinski definition) is 5. The molecule has 3 N–H and O–H groups in total. The number of unbranched alkanes of at least 4 members (excludes halogenated alkanes) is 2. The van der Waals surface area contributed by atoms with Crippen molar-refractivity contribution in [2.45, 2.75) is 58.9 Å².